The zero-order chi connectivity index (χ0) is 13.8. The maximum atomic E-state index is 11.7. The lowest BCUT2D eigenvalue weighted by atomic mass is 9.78. The summed E-state index contributed by atoms with van der Waals surface area (Å²) < 4.78 is 5.69. The summed E-state index contributed by atoms with van der Waals surface area (Å²) in [7, 11) is 0. The Balaban J connectivity index is 3.06. The predicted octanol–water partition coefficient (Wildman–Crippen LogP) is 1.66. The van der Waals surface area contributed by atoms with Crippen LogP contribution in [0.25, 0.3) is 0 Å². The van der Waals surface area contributed by atoms with Crippen molar-refractivity contribution in [1.82, 2.24) is 4.90 Å². The fourth-order valence-electron chi connectivity index (χ4n) is 2.61. The Morgan fingerprint density at radius 1 is 1.50 bits per heavy atom. The number of carboxylic acid groups (broad SMARTS) is 1. The highest BCUT2D eigenvalue weighted by molar-refractivity contribution is 5.82. The van der Waals surface area contributed by atoms with Crippen molar-refractivity contribution < 1.29 is 19.4 Å². The maximum Gasteiger partial charge on any atom is 0.329 e. The molecule has 5 nitrogen and oxygen atoms in total. The van der Waals surface area contributed by atoms with Gasteiger partial charge in [0.2, 0.25) is 6.41 Å². The molecule has 0 aromatic heterocycles. The summed E-state index contributed by atoms with van der Waals surface area (Å²) in [6.07, 6.45) is 2.86. The predicted molar refractivity (Wildman–Crippen MR) is 67.3 cm³/mol. The fraction of sp³-hybridized carbons (Fsp3) is 0.846. The van der Waals surface area contributed by atoms with Gasteiger partial charge in [0.15, 0.2) is 0 Å². The Hall–Kier alpha value is -1.10. The van der Waals surface area contributed by atoms with Gasteiger partial charge in [0.25, 0.3) is 0 Å². The lowest BCUT2D eigenvalue weighted by Gasteiger charge is -2.47. The summed E-state index contributed by atoms with van der Waals surface area (Å²) in [4.78, 5) is 24.4. The monoisotopic (exact) mass is 257 g/mol. The van der Waals surface area contributed by atoms with Gasteiger partial charge in [-0.1, -0.05) is 13.8 Å². The van der Waals surface area contributed by atoms with Gasteiger partial charge in [-0.25, -0.2) is 4.79 Å². The van der Waals surface area contributed by atoms with Gasteiger partial charge in [0.1, 0.15) is 5.54 Å². The number of carboxylic acids is 1. The van der Waals surface area contributed by atoms with E-state index >= 15 is 0 Å². The van der Waals surface area contributed by atoms with Gasteiger partial charge in [-0.05, 0) is 19.8 Å². The molecule has 0 aromatic rings. The number of carbonyl (C=O) groups is 2. The quantitative estimate of drug-likeness (QED) is 0.735. The minimum absolute atomic E-state index is 0.352. The summed E-state index contributed by atoms with van der Waals surface area (Å²) >= 11 is 0. The minimum Gasteiger partial charge on any atom is -0.479 e. The number of rotatable bonds is 6. The first-order valence-corrected chi connectivity index (χ1v) is 6.53. The summed E-state index contributed by atoms with van der Waals surface area (Å²) in [5, 5.41) is 9.59. The van der Waals surface area contributed by atoms with Crippen LogP contribution < -0.4 is 0 Å². The van der Waals surface area contributed by atoms with Gasteiger partial charge in [-0.2, -0.15) is 0 Å². The van der Waals surface area contributed by atoms with E-state index in [2.05, 4.69) is 0 Å². The third kappa shape index (κ3) is 2.66. The number of amides is 1. The van der Waals surface area contributed by atoms with Crippen molar-refractivity contribution >= 4 is 12.4 Å². The smallest absolute Gasteiger partial charge is 0.329 e. The average molecular weight is 257 g/mol. The molecule has 1 rings (SSSR count). The Morgan fingerprint density at radius 3 is 2.61 bits per heavy atom. The van der Waals surface area contributed by atoms with Crippen LogP contribution in [0.2, 0.25) is 0 Å². The van der Waals surface area contributed by atoms with Crippen molar-refractivity contribution in [3.8, 4) is 0 Å². The molecule has 0 aliphatic carbocycles. The van der Waals surface area contributed by atoms with Gasteiger partial charge in [0, 0.05) is 19.4 Å². The van der Waals surface area contributed by atoms with Crippen molar-refractivity contribution in [3.63, 3.8) is 0 Å². The molecular formula is C13H23NO4. The fourth-order valence-corrected chi connectivity index (χ4v) is 2.61. The molecule has 5 heteroatoms. The second-order valence-electron chi connectivity index (χ2n) is 5.21. The minimum atomic E-state index is -1.11. The number of aliphatic carboxylic acids is 1. The molecule has 2 unspecified atom stereocenters. The summed E-state index contributed by atoms with van der Waals surface area (Å²) in [6.45, 7) is 6.67. The molecule has 1 amide bonds. The van der Waals surface area contributed by atoms with Crippen molar-refractivity contribution in [2.75, 3.05) is 13.2 Å². The lowest BCUT2D eigenvalue weighted by molar-refractivity contribution is -0.177. The van der Waals surface area contributed by atoms with Crippen LogP contribution in [0.5, 0.6) is 0 Å². The largest absolute Gasteiger partial charge is 0.479 e. The van der Waals surface area contributed by atoms with E-state index in [1.807, 2.05) is 20.8 Å². The zero-order valence-corrected chi connectivity index (χ0v) is 11.4. The van der Waals surface area contributed by atoms with E-state index in [0.29, 0.717) is 32.4 Å². The highest BCUT2D eigenvalue weighted by Gasteiger charge is 2.51. The molecule has 0 bridgehead atoms. The number of nitrogens with zero attached hydrogens (tertiary/aromatic N) is 1. The lowest BCUT2D eigenvalue weighted by Crippen LogP contribution is -2.61. The molecule has 1 heterocycles. The second-order valence-corrected chi connectivity index (χ2v) is 5.21. The van der Waals surface area contributed by atoms with Crippen LogP contribution in [-0.2, 0) is 14.3 Å². The van der Waals surface area contributed by atoms with Crippen molar-refractivity contribution in [3.05, 3.63) is 0 Å². The highest BCUT2D eigenvalue weighted by Crippen LogP contribution is 2.38. The summed E-state index contributed by atoms with van der Waals surface area (Å²) in [6, 6.07) is 0. The number of hydrogen-bond acceptors (Lipinski definition) is 3. The Labute approximate surface area is 108 Å². The van der Waals surface area contributed by atoms with Gasteiger partial charge in [-0.15, -0.1) is 0 Å². The molecule has 0 radical (unpaired) electrons. The van der Waals surface area contributed by atoms with E-state index in [1.165, 1.54) is 4.90 Å². The molecule has 1 N–H and O–H groups in total. The molecule has 1 saturated heterocycles. The van der Waals surface area contributed by atoms with E-state index in [-0.39, 0.29) is 0 Å². The molecule has 0 spiro atoms. The molecule has 2 atom stereocenters. The topological polar surface area (TPSA) is 66.8 Å². The number of carbonyl (C=O) groups excluding carboxylic acids is 1. The van der Waals surface area contributed by atoms with E-state index in [9.17, 15) is 14.7 Å². The van der Waals surface area contributed by atoms with Crippen molar-refractivity contribution in [2.24, 2.45) is 0 Å². The van der Waals surface area contributed by atoms with Crippen molar-refractivity contribution in [1.29, 1.82) is 0 Å². The first-order chi connectivity index (χ1) is 8.44. The Kier molecular flexibility index (Phi) is 4.73. The van der Waals surface area contributed by atoms with Gasteiger partial charge < -0.3 is 14.7 Å². The van der Waals surface area contributed by atoms with E-state index in [0.717, 1.165) is 12.8 Å². The van der Waals surface area contributed by atoms with Crippen LogP contribution in [0.1, 0.15) is 46.5 Å². The molecule has 104 valence electrons. The first-order valence-electron chi connectivity index (χ1n) is 6.53. The van der Waals surface area contributed by atoms with E-state index in [1.54, 1.807) is 0 Å². The average Bonchev–Trinajstić information content (AvgIpc) is 2.35. The second kappa shape index (κ2) is 5.69. The van der Waals surface area contributed by atoms with Gasteiger partial charge in [0.05, 0.1) is 12.2 Å². The molecule has 1 aliphatic heterocycles. The Bertz CT molecular complexity index is 320. The third-order valence-electron chi connectivity index (χ3n) is 3.92. The van der Waals surface area contributed by atoms with Crippen LogP contribution in [0.4, 0.5) is 0 Å². The molecule has 0 saturated carbocycles. The zero-order valence-electron chi connectivity index (χ0n) is 11.4. The van der Waals surface area contributed by atoms with E-state index in [4.69, 9.17) is 4.74 Å². The SMILES string of the molecule is CCCN(C=O)C1(C(=O)O)CCOC(C)(CC)C1. The molecule has 18 heavy (non-hydrogen) atoms. The third-order valence-corrected chi connectivity index (χ3v) is 3.92. The van der Waals surface area contributed by atoms with Crippen LogP contribution in [0.15, 0.2) is 0 Å². The van der Waals surface area contributed by atoms with Gasteiger partial charge in [-0.3, -0.25) is 4.79 Å². The summed E-state index contributed by atoms with van der Waals surface area (Å²) in [5.74, 6) is -0.925. The molecule has 0 aromatic carbocycles. The maximum absolute atomic E-state index is 11.7. The summed E-state index contributed by atoms with van der Waals surface area (Å²) in [5.41, 5.74) is -1.58. The van der Waals surface area contributed by atoms with Gasteiger partial charge >= 0.3 is 5.97 Å². The van der Waals surface area contributed by atoms with Crippen molar-refractivity contribution in [2.45, 2.75) is 57.6 Å². The number of hydrogen-bond donors (Lipinski definition) is 1. The standard InChI is InChI=1S/C13H23NO4/c1-4-7-14(10-15)13(11(16)17)6-8-18-12(3,5-2)9-13/h10H,4-9H2,1-3H3,(H,16,17). The highest BCUT2D eigenvalue weighted by atomic mass is 16.5. The molecular weight excluding hydrogens is 234 g/mol. The molecule has 1 aliphatic rings. The number of ether oxygens (including phenoxy) is 1. The Morgan fingerprint density at radius 2 is 2.17 bits per heavy atom. The van der Waals surface area contributed by atoms with Crippen LogP contribution in [0, 0.1) is 0 Å². The van der Waals surface area contributed by atoms with Crippen LogP contribution in [-0.4, -0.2) is 46.7 Å². The van der Waals surface area contributed by atoms with Crippen LogP contribution in [0.3, 0.4) is 0 Å². The normalized spacial score (nSPS) is 31.9. The molecule has 1 fully saturated rings. The van der Waals surface area contributed by atoms with Crippen LogP contribution >= 0.6 is 0 Å². The van der Waals surface area contributed by atoms with E-state index < -0.39 is 17.1 Å². The first kappa shape index (κ1) is 15.0.